The Morgan fingerprint density at radius 3 is 2.81 bits per heavy atom. The molecule has 4 unspecified atom stereocenters. The highest BCUT2D eigenvalue weighted by Gasteiger charge is 2.49. The molecule has 0 radical (unpaired) electrons. The first-order chi connectivity index (χ1) is 10.2. The summed E-state index contributed by atoms with van der Waals surface area (Å²) >= 11 is 0. The zero-order chi connectivity index (χ0) is 14.6. The Kier molecular flexibility index (Phi) is 2.84. The van der Waals surface area contributed by atoms with E-state index >= 15 is 0 Å². The summed E-state index contributed by atoms with van der Waals surface area (Å²) in [6.45, 7) is 1.28. The lowest BCUT2D eigenvalue weighted by atomic mass is 10.1. The molecule has 8 heteroatoms. The molecule has 4 heterocycles. The summed E-state index contributed by atoms with van der Waals surface area (Å²) in [5.41, 5.74) is 7.20. The molecule has 0 bridgehead atoms. The Bertz CT molecular complexity index is 672. The standard InChI is InChI=1S/C13H18N6O2/c1-18(2)7-3-20-11-8(4-21-10(7)11)19-6-17-9-12(14)15-5-16-13(9)19/h5-8,10-11H,3-4H2,1-2H3,(H2,14,15,16). The van der Waals surface area contributed by atoms with Crippen molar-refractivity contribution in [3.63, 3.8) is 0 Å². The van der Waals surface area contributed by atoms with Gasteiger partial charge in [0.25, 0.3) is 0 Å². The number of hydrogen-bond donors (Lipinski definition) is 1. The van der Waals surface area contributed by atoms with E-state index in [1.807, 2.05) is 18.7 Å². The second-order valence-corrected chi connectivity index (χ2v) is 5.78. The number of fused-ring (bicyclic) bond motifs is 2. The summed E-state index contributed by atoms with van der Waals surface area (Å²) in [7, 11) is 4.10. The molecule has 0 saturated carbocycles. The molecule has 2 aromatic rings. The molecule has 8 nitrogen and oxygen atoms in total. The van der Waals surface area contributed by atoms with Gasteiger partial charge in [-0.2, -0.15) is 0 Å². The van der Waals surface area contributed by atoms with E-state index in [1.165, 1.54) is 6.33 Å². The zero-order valence-electron chi connectivity index (χ0n) is 12.0. The summed E-state index contributed by atoms with van der Waals surface area (Å²) < 4.78 is 13.9. The van der Waals surface area contributed by atoms with Crippen LogP contribution >= 0.6 is 0 Å². The monoisotopic (exact) mass is 290 g/mol. The Hall–Kier alpha value is -1.77. The number of nitrogen functional groups attached to an aromatic ring is 1. The molecular weight excluding hydrogens is 272 g/mol. The Balaban J connectivity index is 1.70. The van der Waals surface area contributed by atoms with Crippen LogP contribution in [-0.4, -0.2) is 70.0 Å². The fourth-order valence-electron chi connectivity index (χ4n) is 3.25. The Morgan fingerprint density at radius 2 is 2.00 bits per heavy atom. The quantitative estimate of drug-likeness (QED) is 0.810. The molecule has 21 heavy (non-hydrogen) atoms. The third kappa shape index (κ3) is 1.83. The smallest absolute Gasteiger partial charge is 0.165 e. The maximum absolute atomic E-state index is 5.98. The minimum absolute atomic E-state index is 0.0194. The van der Waals surface area contributed by atoms with Crippen molar-refractivity contribution in [2.24, 2.45) is 0 Å². The maximum atomic E-state index is 5.98. The number of hydrogen-bond acceptors (Lipinski definition) is 7. The molecule has 0 spiro atoms. The summed E-state index contributed by atoms with van der Waals surface area (Å²) in [6, 6.07) is 0.355. The van der Waals surface area contributed by atoms with Crippen molar-refractivity contribution >= 4 is 17.0 Å². The highest BCUT2D eigenvalue weighted by Crippen LogP contribution is 2.36. The molecule has 2 N–H and O–H groups in total. The van der Waals surface area contributed by atoms with Gasteiger partial charge in [-0.15, -0.1) is 0 Å². The van der Waals surface area contributed by atoms with Gasteiger partial charge in [0, 0.05) is 0 Å². The number of nitrogens with two attached hydrogens (primary N) is 1. The third-order valence-electron chi connectivity index (χ3n) is 4.41. The second-order valence-electron chi connectivity index (χ2n) is 5.78. The van der Waals surface area contributed by atoms with E-state index in [1.54, 1.807) is 6.33 Å². The molecule has 2 aromatic heterocycles. The van der Waals surface area contributed by atoms with E-state index in [0.29, 0.717) is 24.5 Å². The topological polar surface area (TPSA) is 91.3 Å². The van der Waals surface area contributed by atoms with Gasteiger partial charge in [0.15, 0.2) is 11.5 Å². The summed E-state index contributed by atoms with van der Waals surface area (Å²) in [5, 5.41) is 0. The lowest BCUT2D eigenvalue weighted by Gasteiger charge is -2.22. The molecule has 2 fully saturated rings. The number of likely N-dealkylation sites (N-methyl/N-ethyl adjacent to an activating group) is 1. The largest absolute Gasteiger partial charge is 0.382 e. The van der Waals surface area contributed by atoms with Crippen LogP contribution in [-0.2, 0) is 9.47 Å². The molecule has 2 aliphatic heterocycles. The molecule has 112 valence electrons. The molecule has 4 rings (SSSR count). The molecule has 0 amide bonds. The van der Waals surface area contributed by atoms with Crippen molar-refractivity contribution in [2.75, 3.05) is 33.0 Å². The number of ether oxygens (including phenoxy) is 2. The number of imidazole rings is 1. The van der Waals surface area contributed by atoms with Gasteiger partial charge >= 0.3 is 0 Å². The van der Waals surface area contributed by atoms with Gasteiger partial charge in [0.05, 0.1) is 31.6 Å². The summed E-state index contributed by atoms with van der Waals surface area (Å²) in [6.07, 6.45) is 3.31. The van der Waals surface area contributed by atoms with Crippen LogP contribution in [0.1, 0.15) is 6.04 Å². The van der Waals surface area contributed by atoms with Gasteiger partial charge in [-0.25, -0.2) is 15.0 Å². The number of nitrogens with zero attached hydrogens (tertiary/aromatic N) is 5. The molecular formula is C13H18N6O2. The lowest BCUT2D eigenvalue weighted by Crippen LogP contribution is -2.39. The zero-order valence-corrected chi connectivity index (χ0v) is 12.0. The van der Waals surface area contributed by atoms with Crippen molar-refractivity contribution in [1.82, 2.24) is 24.4 Å². The van der Waals surface area contributed by atoms with Gasteiger partial charge in [-0.1, -0.05) is 0 Å². The van der Waals surface area contributed by atoms with Crippen molar-refractivity contribution in [3.05, 3.63) is 12.7 Å². The minimum atomic E-state index is 0.0194. The fourth-order valence-corrected chi connectivity index (χ4v) is 3.25. The summed E-state index contributed by atoms with van der Waals surface area (Å²) in [5.74, 6) is 0.396. The minimum Gasteiger partial charge on any atom is -0.382 e. The number of anilines is 1. The van der Waals surface area contributed by atoms with Gasteiger partial charge in [0.1, 0.15) is 24.1 Å². The van der Waals surface area contributed by atoms with Gasteiger partial charge in [-0.05, 0) is 14.1 Å². The van der Waals surface area contributed by atoms with Crippen molar-refractivity contribution < 1.29 is 9.47 Å². The van der Waals surface area contributed by atoms with Gasteiger partial charge in [0.2, 0.25) is 0 Å². The second kappa shape index (κ2) is 4.62. The number of aromatic nitrogens is 4. The van der Waals surface area contributed by atoms with E-state index < -0.39 is 0 Å². The van der Waals surface area contributed by atoms with Crippen LogP contribution in [0.3, 0.4) is 0 Å². The van der Waals surface area contributed by atoms with Gasteiger partial charge in [-0.3, -0.25) is 0 Å². The molecule has 2 saturated heterocycles. The lowest BCUT2D eigenvalue weighted by molar-refractivity contribution is 0.0537. The molecule has 0 aliphatic carbocycles. The first-order valence-corrected chi connectivity index (χ1v) is 6.99. The molecule has 4 atom stereocenters. The fraction of sp³-hybridized carbons (Fsp3) is 0.615. The van der Waals surface area contributed by atoms with E-state index in [0.717, 1.165) is 5.65 Å². The Labute approximate surface area is 121 Å². The highest BCUT2D eigenvalue weighted by atomic mass is 16.6. The predicted octanol–water partition coefficient (Wildman–Crippen LogP) is -0.323. The predicted molar refractivity (Wildman–Crippen MR) is 75.7 cm³/mol. The summed E-state index contributed by atoms with van der Waals surface area (Å²) in [4.78, 5) is 14.7. The average Bonchev–Trinajstić information content (AvgIpc) is 3.11. The van der Waals surface area contributed by atoms with Crippen molar-refractivity contribution in [2.45, 2.75) is 24.3 Å². The van der Waals surface area contributed by atoms with Crippen LogP contribution in [0.2, 0.25) is 0 Å². The highest BCUT2D eigenvalue weighted by molar-refractivity contribution is 5.81. The third-order valence-corrected chi connectivity index (χ3v) is 4.41. The van der Waals surface area contributed by atoms with E-state index in [4.69, 9.17) is 15.2 Å². The maximum Gasteiger partial charge on any atom is 0.165 e. The normalized spacial score (nSPS) is 32.1. The van der Waals surface area contributed by atoms with E-state index in [2.05, 4.69) is 19.9 Å². The van der Waals surface area contributed by atoms with Crippen LogP contribution in [0.5, 0.6) is 0 Å². The van der Waals surface area contributed by atoms with Crippen LogP contribution < -0.4 is 5.73 Å². The Morgan fingerprint density at radius 1 is 1.19 bits per heavy atom. The average molecular weight is 290 g/mol. The first-order valence-electron chi connectivity index (χ1n) is 6.99. The van der Waals surface area contributed by atoms with Crippen LogP contribution in [0.15, 0.2) is 12.7 Å². The molecule has 0 aromatic carbocycles. The van der Waals surface area contributed by atoms with Crippen molar-refractivity contribution in [3.8, 4) is 0 Å². The van der Waals surface area contributed by atoms with E-state index in [9.17, 15) is 0 Å². The van der Waals surface area contributed by atoms with Gasteiger partial charge < -0.3 is 24.7 Å². The van der Waals surface area contributed by atoms with Crippen LogP contribution in [0.4, 0.5) is 5.82 Å². The van der Waals surface area contributed by atoms with Crippen LogP contribution in [0.25, 0.3) is 11.2 Å². The van der Waals surface area contributed by atoms with Crippen LogP contribution in [0, 0.1) is 0 Å². The number of rotatable bonds is 2. The van der Waals surface area contributed by atoms with Crippen molar-refractivity contribution in [1.29, 1.82) is 0 Å². The first kappa shape index (κ1) is 12.9. The molecule has 2 aliphatic rings. The SMILES string of the molecule is CN(C)C1COC2C1OCC2n1cnc2c(N)ncnc21. The van der Waals surface area contributed by atoms with E-state index in [-0.39, 0.29) is 24.3 Å².